The fraction of sp³-hybridized carbons (Fsp3) is 0.353. The predicted octanol–water partition coefficient (Wildman–Crippen LogP) is 2.15. The number of rotatable bonds is 4. The summed E-state index contributed by atoms with van der Waals surface area (Å²) in [4.78, 5) is 22.8. The van der Waals surface area contributed by atoms with Crippen LogP contribution in [0.25, 0.3) is 0 Å². The fourth-order valence-electron chi connectivity index (χ4n) is 2.76. The first-order chi connectivity index (χ1) is 11.2. The lowest BCUT2D eigenvalue weighted by molar-refractivity contribution is -0.125. The lowest BCUT2D eigenvalue weighted by atomic mass is 9.96. The van der Waals surface area contributed by atoms with Crippen LogP contribution in [0.2, 0.25) is 0 Å². The van der Waals surface area contributed by atoms with Crippen LogP contribution < -0.4 is 10.2 Å². The Morgan fingerprint density at radius 3 is 2.57 bits per heavy atom. The molecule has 2 heterocycles. The van der Waals surface area contributed by atoms with Crippen molar-refractivity contribution in [2.45, 2.75) is 19.4 Å². The van der Waals surface area contributed by atoms with Crippen LogP contribution in [0.4, 0.5) is 10.3 Å². The van der Waals surface area contributed by atoms with Crippen LogP contribution in [0.15, 0.2) is 42.7 Å². The van der Waals surface area contributed by atoms with Crippen molar-refractivity contribution in [1.29, 1.82) is 0 Å². The number of aromatic nitrogens is 2. The van der Waals surface area contributed by atoms with Crippen molar-refractivity contribution in [2.75, 3.05) is 18.0 Å². The summed E-state index contributed by atoms with van der Waals surface area (Å²) in [6, 6.07) is 8.28. The summed E-state index contributed by atoms with van der Waals surface area (Å²) in [6.07, 6.45) is 4.94. The topological polar surface area (TPSA) is 58.1 Å². The van der Waals surface area contributed by atoms with Crippen molar-refractivity contribution in [2.24, 2.45) is 5.92 Å². The monoisotopic (exact) mass is 314 g/mol. The molecule has 0 bridgehead atoms. The zero-order chi connectivity index (χ0) is 16.1. The molecule has 3 rings (SSSR count). The molecule has 6 heteroatoms. The number of piperidine rings is 1. The number of halogens is 1. The van der Waals surface area contributed by atoms with Crippen LogP contribution in [0.3, 0.4) is 0 Å². The smallest absolute Gasteiger partial charge is 0.225 e. The van der Waals surface area contributed by atoms with Crippen molar-refractivity contribution >= 4 is 11.9 Å². The van der Waals surface area contributed by atoms with E-state index in [4.69, 9.17) is 0 Å². The zero-order valence-electron chi connectivity index (χ0n) is 12.8. The van der Waals surface area contributed by atoms with Gasteiger partial charge in [0.15, 0.2) is 0 Å². The van der Waals surface area contributed by atoms with E-state index in [2.05, 4.69) is 20.2 Å². The normalized spacial score (nSPS) is 15.4. The number of nitrogens with zero attached hydrogens (tertiary/aromatic N) is 3. The minimum atomic E-state index is -0.288. The van der Waals surface area contributed by atoms with Crippen LogP contribution >= 0.6 is 0 Å². The van der Waals surface area contributed by atoms with Gasteiger partial charge in [0.25, 0.3) is 0 Å². The van der Waals surface area contributed by atoms with E-state index in [0.717, 1.165) is 25.9 Å². The van der Waals surface area contributed by atoms with E-state index in [1.807, 2.05) is 0 Å². The summed E-state index contributed by atoms with van der Waals surface area (Å²) in [5.41, 5.74) is 0.510. The minimum Gasteiger partial charge on any atom is -0.352 e. The Labute approximate surface area is 134 Å². The molecule has 120 valence electrons. The highest BCUT2D eigenvalue weighted by Gasteiger charge is 2.25. The Balaban J connectivity index is 1.50. The van der Waals surface area contributed by atoms with E-state index in [1.54, 1.807) is 36.7 Å². The fourth-order valence-corrected chi connectivity index (χ4v) is 2.76. The first-order valence-electron chi connectivity index (χ1n) is 7.77. The molecule has 0 spiro atoms. The molecule has 0 radical (unpaired) electrons. The number of anilines is 1. The van der Waals surface area contributed by atoms with Crippen LogP contribution in [0.1, 0.15) is 18.4 Å². The molecule has 2 aromatic rings. The first kappa shape index (κ1) is 15.4. The molecule has 0 unspecified atom stereocenters. The van der Waals surface area contributed by atoms with Gasteiger partial charge < -0.3 is 10.2 Å². The maximum absolute atomic E-state index is 13.5. The van der Waals surface area contributed by atoms with Gasteiger partial charge in [-0.05, 0) is 25.0 Å². The van der Waals surface area contributed by atoms with E-state index >= 15 is 0 Å². The summed E-state index contributed by atoms with van der Waals surface area (Å²) in [5.74, 6) is 0.366. The molecular formula is C17H19FN4O. The van der Waals surface area contributed by atoms with Gasteiger partial charge in [-0.15, -0.1) is 0 Å². The van der Waals surface area contributed by atoms with Gasteiger partial charge in [-0.25, -0.2) is 14.4 Å². The second kappa shape index (κ2) is 7.17. The van der Waals surface area contributed by atoms with Gasteiger partial charge in [0, 0.05) is 43.5 Å². The summed E-state index contributed by atoms with van der Waals surface area (Å²) >= 11 is 0. The molecule has 0 saturated carbocycles. The second-order valence-corrected chi connectivity index (χ2v) is 5.62. The quantitative estimate of drug-likeness (QED) is 0.939. The standard InChI is InChI=1S/C17H19FN4O/c18-15-5-2-1-4-14(15)12-21-16(23)13-6-10-22(11-7-13)17-19-8-3-9-20-17/h1-5,8-9,13H,6-7,10-12H2,(H,21,23). The summed E-state index contributed by atoms with van der Waals surface area (Å²) in [5, 5.41) is 2.84. The number of nitrogens with one attached hydrogen (secondary N) is 1. The SMILES string of the molecule is O=C(NCc1ccccc1F)C1CCN(c2ncccn2)CC1. The Morgan fingerprint density at radius 1 is 1.17 bits per heavy atom. The van der Waals surface area contributed by atoms with Crippen molar-refractivity contribution in [1.82, 2.24) is 15.3 Å². The van der Waals surface area contributed by atoms with Crippen LogP contribution in [0, 0.1) is 11.7 Å². The molecule has 1 N–H and O–H groups in total. The average molecular weight is 314 g/mol. The van der Waals surface area contributed by atoms with Crippen molar-refractivity contribution in [3.8, 4) is 0 Å². The van der Waals surface area contributed by atoms with Crippen molar-refractivity contribution < 1.29 is 9.18 Å². The van der Waals surface area contributed by atoms with Gasteiger partial charge >= 0.3 is 0 Å². The molecule has 5 nitrogen and oxygen atoms in total. The van der Waals surface area contributed by atoms with E-state index < -0.39 is 0 Å². The van der Waals surface area contributed by atoms with Gasteiger partial charge in [0.05, 0.1) is 0 Å². The summed E-state index contributed by atoms with van der Waals surface area (Å²) in [6.45, 7) is 1.73. The van der Waals surface area contributed by atoms with Crippen molar-refractivity contribution in [3.63, 3.8) is 0 Å². The lowest BCUT2D eigenvalue weighted by Crippen LogP contribution is -2.41. The van der Waals surface area contributed by atoms with Gasteiger partial charge in [-0.2, -0.15) is 0 Å². The molecule has 1 aromatic carbocycles. The van der Waals surface area contributed by atoms with E-state index in [9.17, 15) is 9.18 Å². The Hall–Kier alpha value is -2.50. The molecule has 1 amide bonds. The molecule has 0 atom stereocenters. The molecule has 0 aliphatic carbocycles. The number of hydrogen-bond donors (Lipinski definition) is 1. The molecule has 1 saturated heterocycles. The number of carbonyl (C=O) groups excluding carboxylic acids is 1. The maximum atomic E-state index is 13.5. The van der Waals surface area contributed by atoms with Crippen LogP contribution in [-0.4, -0.2) is 29.0 Å². The Bertz CT molecular complexity index is 657. The van der Waals surface area contributed by atoms with E-state index in [0.29, 0.717) is 11.5 Å². The summed E-state index contributed by atoms with van der Waals surface area (Å²) in [7, 11) is 0. The number of hydrogen-bond acceptors (Lipinski definition) is 4. The molecule has 1 aliphatic heterocycles. The zero-order valence-corrected chi connectivity index (χ0v) is 12.8. The second-order valence-electron chi connectivity index (χ2n) is 5.62. The van der Waals surface area contributed by atoms with E-state index in [-0.39, 0.29) is 24.2 Å². The van der Waals surface area contributed by atoms with Crippen LogP contribution in [-0.2, 0) is 11.3 Å². The first-order valence-corrected chi connectivity index (χ1v) is 7.77. The molecule has 23 heavy (non-hydrogen) atoms. The third-order valence-corrected chi connectivity index (χ3v) is 4.11. The van der Waals surface area contributed by atoms with Gasteiger partial charge in [0.2, 0.25) is 11.9 Å². The molecule has 1 aromatic heterocycles. The van der Waals surface area contributed by atoms with E-state index in [1.165, 1.54) is 6.07 Å². The Morgan fingerprint density at radius 2 is 1.87 bits per heavy atom. The number of benzene rings is 1. The maximum Gasteiger partial charge on any atom is 0.225 e. The average Bonchev–Trinajstić information content (AvgIpc) is 2.62. The number of amides is 1. The van der Waals surface area contributed by atoms with Crippen LogP contribution in [0.5, 0.6) is 0 Å². The highest BCUT2D eigenvalue weighted by atomic mass is 19.1. The Kier molecular flexibility index (Phi) is 4.80. The third-order valence-electron chi connectivity index (χ3n) is 4.11. The van der Waals surface area contributed by atoms with Gasteiger partial charge in [-0.3, -0.25) is 4.79 Å². The minimum absolute atomic E-state index is 0.0121. The highest BCUT2D eigenvalue weighted by Crippen LogP contribution is 2.20. The number of carbonyl (C=O) groups is 1. The van der Waals surface area contributed by atoms with Gasteiger partial charge in [0.1, 0.15) is 5.82 Å². The third kappa shape index (κ3) is 3.83. The lowest BCUT2D eigenvalue weighted by Gasteiger charge is -2.31. The van der Waals surface area contributed by atoms with Gasteiger partial charge in [-0.1, -0.05) is 18.2 Å². The highest BCUT2D eigenvalue weighted by molar-refractivity contribution is 5.78. The molecule has 1 fully saturated rings. The van der Waals surface area contributed by atoms with Crippen molar-refractivity contribution in [3.05, 3.63) is 54.1 Å². The predicted molar refractivity (Wildman–Crippen MR) is 85.2 cm³/mol. The summed E-state index contributed by atoms with van der Waals surface area (Å²) < 4.78 is 13.5. The molecule has 1 aliphatic rings. The largest absolute Gasteiger partial charge is 0.352 e. The molecular weight excluding hydrogens is 295 g/mol.